The van der Waals surface area contributed by atoms with Crippen LogP contribution in [0.3, 0.4) is 0 Å². The Morgan fingerprint density at radius 1 is 1.38 bits per heavy atom. The first kappa shape index (κ1) is 11.3. The molecule has 1 saturated heterocycles. The number of aromatic nitrogens is 2. The second kappa shape index (κ2) is 4.78. The smallest absolute Gasteiger partial charge is 0.155 e. The highest BCUT2D eigenvalue weighted by atomic mass is 15.3. The molecule has 1 aliphatic heterocycles. The van der Waals surface area contributed by atoms with Crippen LogP contribution in [-0.2, 0) is 6.54 Å². The van der Waals surface area contributed by atoms with Gasteiger partial charge in [-0.05, 0) is 24.3 Å². The predicted molar refractivity (Wildman–Crippen MR) is 65.1 cm³/mol. The van der Waals surface area contributed by atoms with Gasteiger partial charge in [0.05, 0.1) is 6.20 Å². The summed E-state index contributed by atoms with van der Waals surface area (Å²) in [6.07, 6.45) is 3.01. The maximum atomic E-state index is 5.73. The van der Waals surface area contributed by atoms with Crippen molar-refractivity contribution in [3.8, 4) is 0 Å². The van der Waals surface area contributed by atoms with Crippen molar-refractivity contribution in [3.63, 3.8) is 0 Å². The molecule has 4 nitrogen and oxygen atoms in total. The first-order valence-electron chi connectivity index (χ1n) is 5.96. The average molecular weight is 220 g/mol. The van der Waals surface area contributed by atoms with E-state index < -0.39 is 0 Å². The van der Waals surface area contributed by atoms with Crippen molar-refractivity contribution in [3.05, 3.63) is 17.8 Å². The molecule has 0 aliphatic carbocycles. The number of hydrogen-bond acceptors (Lipinski definition) is 4. The number of piperidine rings is 1. The van der Waals surface area contributed by atoms with E-state index in [2.05, 4.69) is 28.9 Å². The standard InChI is InChI=1S/C12H20N4/c1-9-5-10(2)8-16(7-9)12-11(6-13)3-4-14-15-12/h3-4,9-10H,5-8,13H2,1-2H3. The summed E-state index contributed by atoms with van der Waals surface area (Å²) in [7, 11) is 0. The van der Waals surface area contributed by atoms with E-state index >= 15 is 0 Å². The van der Waals surface area contributed by atoms with Crippen molar-refractivity contribution >= 4 is 5.82 Å². The third-order valence-corrected chi connectivity index (χ3v) is 3.17. The molecule has 0 amide bonds. The summed E-state index contributed by atoms with van der Waals surface area (Å²) in [5.74, 6) is 2.41. The second-order valence-corrected chi connectivity index (χ2v) is 4.94. The van der Waals surface area contributed by atoms with Gasteiger partial charge in [0.15, 0.2) is 5.82 Å². The fourth-order valence-electron chi connectivity index (χ4n) is 2.61. The van der Waals surface area contributed by atoms with Gasteiger partial charge < -0.3 is 10.6 Å². The molecule has 0 bridgehead atoms. The monoisotopic (exact) mass is 220 g/mol. The van der Waals surface area contributed by atoms with Crippen LogP contribution < -0.4 is 10.6 Å². The molecular weight excluding hydrogens is 200 g/mol. The zero-order valence-corrected chi connectivity index (χ0v) is 10.1. The highest BCUT2D eigenvalue weighted by molar-refractivity contribution is 5.46. The van der Waals surface area contributed by atoms with Crippen LogP contribution in [0.5, 0.6) is 0 Å². The molecule has 1 aliphatic rings. The Labute approximate surface area is 96.9 Å². The van der Waals surface area contributed by atoms with Gasteiger partial charge in [0.25, 0.3) is 0 Å². The Kier molecular flexibility index (Phi) is 3.39. The van der Waals surface area contributed by atoms with E-state index in [4.69, 9.17) is 5.73 Å². The van der Waals surface area contributed by atoms with Crippen LogP contribution in [0.1, 0.15) is 25.8 Å². The molecule has 2 unspecified atom stereocenters. The molecule has 0 spiro atoms. The SMILES string of the molecule is CC1CC(C)CN(c2nnccc2CN)C1. The number of nitrogens with zero attached hydrogens (tertiary/aromatic N) is 3. The Morgan fingerprint density at radius 2 is 2.06 bits per heavy atom. The molecule has 2 N–H and O–H groups in total. The summed E-state index contributed by atoms with van der Waals surface area (Å²) in [6, 6.07) is 1.96. The number of nitrogens with two attached hydrogens (primary N) is 1. The molecule has 2 rings (SSSR count). The lowest BCUT2D eigenvalue weighted by atomic mass is 9.92. The number of hydrogen-bond donors (Lipinski definition) is 1. The van der Waals surface area contributed by atoms with Crippen molar-refractivity contribution in [2.24, 2.45) is 17.6 Å². The molecular formula is C12H20N4. The van der Waals surface area contributed by atoms with Crippen molar-refractivity contribution in [1.29, 1.82) is 0 Å². The Bertz CT molecular complexity index is 343. The van der Waals surface area contributed by atoms with Crippen LogP contribution >= 0.6 is 0 Å². The van der Waals surface area contributed by atoms with E-state index in [0.717, 1.165) is 36.3 Å². The minimum Gasteiger partial charge on any atom is -0.354 e. The normalized spacial score (nSPS) is 25.8. The Morgan fingerprint density at radius 3 is 2.69 bits per heavy atom. The zero-order chi connectivity index (χ0) is 11.5. The molecule has 1 aromatic heterocycles. The number of rotatable bonds is 2. The van der Waals surface area contributed by atoms with Crippen LogP contribution in [0.15, 0.2) is 12.3 Å². The molecule has 0 saturated carbocycles. The molecule has 2 heterocycles. The molecule has 0 radical (unpaired) electrons. The van der Waals surface area contributed by atoms with Gasteiger partial charge in [0, 0.05) is 25.2 Å². The molecule has 16 heavy (non-hydrogen) atoms. The van der Waals surface area contributed by atoms with Crippen LogP contribution in [0.2, 0.25) is 0 Å². The maximum absolute atomic E-state index is 5.73. The minimum atomic E-state index is 0.532. The topological polar surface area (TPSA) is 55.0 Å². The highest BCUT2D eigenvalue weighted by Crippen LogP contribution is 2.26. The van der Waals surface area contributed by atoms with E-state index in [0.29, 0.717) is 6.54 Å². The fourth-order valence-corrected chi connectivity index (χ4v) is 2.61. The molecule has 2 atom stereocenters. The predicted octanol–water partition coefficient (Wildman–Crippen LogP) is 1.42. The van der Waals surface area contributed by atoms with Crippen LogP contribution in [0, 0.1) is 11.8 Å². The Balaban J connectivity index is 2.22. The first-order chi connectivity index (χ1) is 7.70. The van der Waals surface area contributed by atoms with Gasteiger partial charge in [-0.2, -0.15) is 5.10 Å². The second-order valence-electron chi connectivity index (χ2n) is 4.94. The van der Waals surface area contributed by atoms with Crippen LogP contribution in [0.4, 0.5) is 5.82 Å². The summed E-state index contributed by atoms with van der Waals surface area (Å²) < 4.78 is 0. The average Bonchev–Trinajstić information content (AvgIpc) is 2.27. The summed E-state index contributed by atoms with van der Waals surface area (Å²) in [4.78, 5) is 2.33. The molecule has 1 fully saturated rings. The van der Waals surface area contributed by atoms with Gasteiger partial charge in [-0.3, -0.25) is 0 Å². The van der Waals surface area contributed by atoms with E-state index in [1.807, 2.05) is 6.07 Å². The Hall–Kier alpha value is -1.16. The lowest BCUT2D eigenvalue weighted by molar-refractivity contribution is 0.354. The third-order valence-electron chi connectivity index (χ3n) is 3.17. The fraction of sp³-hybridized carbons (Fsp3) is 0.667. The van der Waals surface area contributed by atoms with Crippen molar-refractivity contribution < 1.29 is 0 Å². The van der Waals surface area contributed by atoms with E-state index in [9.17, 15) is 0 Å². The maximum Gasteiger partial charge on any atom is 0.155 e. The summed E-state index contributed by atoms with van der Waals surface area (Å²) in [5.41, 5.74) is 6.83. The van der Waals surface area contributed by atoms with E-state index in [1.54, 1.807) is 6.20 Å². The van der Waals surface area contributed by atoms with Gasteiger partial charge in [-0.1, -0.05) is 13.8 Å². The van der Waals surface area contributed by atoms with Gasteiger partial charge in [-0.25, -0.2) is 0 Å². The number of anilines is 1. The van der Waals surface area contributed by atoms with Crippen molar-refractivity contribution in [1.82, 2.24) is 10.2 Å². The van der Waals surface area contributed by atoms with Gasteiger partial charge >= 0.3 is 0 Å². The molecule has 0 aromatic carbocycles. The van der Waals surface area contributed by atoms with Gasteiger partial charge in [-0.15, -0.1) is 5.10 Å². The summed E-state index contributed by atoms with van der Waals surface area (Å²) >= 11 is 0. The van der Waals surface area contributed by atoms with E-state index in [1.165, 1.54) is 6.42 Å². The van der Waals surface area contributed by atoms with Crippen molar-refractivity contribution in [2.75, 3.05) is 18.0 Å². The van der Waals surface area contributed by atoms with E-state index in [-0.39, 0.29) is 0 Å². The molecule has 4 heteroatoms. The van der Waals surface area contributed by atoms with Crippen LogP contribution in [0.25, 0.3) is 0 Å². The highest BCUT2D eigenvalue weighted by Gasteiger charge is 2.24. The molecule has 88 valence electrons. The molecule has 1 aromatic rings. The van der Waals surface area contributed by atoms with Gasteiger partial charge in [0.1, 0.15) is 0 Å². The van der Waals surface area contributed by atoms with Crippen LogP contribution in [-0.4, -0.2) is 23.3 Å². The van der Waals surface area contributed by atoms with Crippen molar-refractivity contribution in [2.45, 2.75) is 26.8 Å². The third kappa shape index (κ3) is 2.32. The minimum absolute atomic E-state index is 0.532. The lowest BCUT2D eigenvalue weighted by Crippen LogP contribution is -2.40. The summed E-state index contributed by atoms with van der Waals surface area (Å²) in [5, 5.41) is 8.21. The summed E-state index contributed by atoms with van der Waals surface area (Å²) in [6.45, 7) is 7.25. The lowest BCUT2D eigenvalue weighted by Gasteiger charge is -2.36. The van der Waals surface area contributed by atoms with Gasteiger partial charge in [0.2, 0.25) is 0 Å². The first-order valence-corrected chi connectivity index (χ1v) is 5.96. The largest absolute Gasteiger partial charge is 0.354 e. The quantitative estimate of drug-likeness (QED) is 0.819. The zero-order valence-electron chi connectivity index (χ0n) is 10.1.